The van der Waals surface area contributed by atoms with Gasteiger partial charge in [0, 0.05) is 25.9 Å². The number of nitrogens with zero attached hydrogens (tertiary/aromatic N) is 1. The summed E-state index contributed by atoms with van der Waals surface area (Å²) in [6.45, 7) is 3.48. The summed E-state index contributed by atoms with van der Waals surface area (Å²) in [6.07, 6.45) is 3.70. The summed E-state index contributed by atoms with van der Waals surface area (Å²) in [4.78, 5) is 0. The van der Waals surface area contributed by atoms with E-state index >= 15 is 0 Å². The Balaban J connectivity index is 1.65. The van der Waals surface area contributed by atoms with Gasteiger partial charge in [-0.2, -0.15) is 0 Å². The van der Waals surface area contributed by atoms with Crippen LogP contribution in [0.25, 0.3) is 0 Å². The van der Waals surface area contributed by atoms with Crippen molar-refractivity contribution in [1.82, 2.24) is 4.44 Å². The lowest BCUT2D eigenvalue weighted by molar-refractivity contribution is 0.670. The summed E-state index contributed by atoms with van der Waals surface area (Å²) in [7, 11) is -1.02. The van der Waals surface area contributed by atoms with Gasteiger partial charge in [0.2, 0.25) is 0 Å². The molecule has 4 aromatic carbocycles. The van der Waals surface area contributed by atoms with Gasteiger partial charge >= 0.3 is 0 Å². The summed E-state index contributed by atoms with van der Waals surface area (Å²) in [5, 5.41) is 2.93. The quantitative estimate of drug-likeness (QED) is 0.228. The summed E-state index contributed by atoms with van der Waals surface area (Å²) >= 11 is 0. The largest absolute Gasteiger partial charge is 0.251 e. The highest BCUT2D eigenvalue weighted by molar-refractivity contribution is 7.79. The van der Waals surface area contributed by atoms with E-state index in [1.807, 2.05) is 0 Å². The van der Waals surface area contributed by atoms with Crippen LogP contribution in [0, 0.1) is 0 Å². The molecule has 0 aromatic heterocycles. The highest BCUT2D eigenvalue weighted by Gasteiger charge is 2.43. The van der Waals surface area contributed by atoms with E-state index in [1.54, 1.807) is 0 Å². The van der Waals surface area contributed by atoms with E-state index in [2.05, 4.69) is 133 Å². The third-order valence-electron chi connectivity index (χ3n) is 6.64. The van der Waals surface area contributed by atoms with Crippen molar-refractivity contribution in [2.75, 3.05) is 6.54 Å². The van der Waals surface area contributed by atoms with Crippen LogP contribution < -0.4 is 10.6 Å². The Morgan fingerprint density at radius 1 is 0.618 bits per heavy atom. The Bertz CT molecular complexity index is 1050. The Hall–Kier alpha value is -2.30. The minimum atomic E-state index is -0.603. The summed E-state index contributed by atoms with van der Waals surface area (Å²) in [6, 6.07) is 45.2. The van der Waals surface area contributed by atoms with Crippen LogP contribution in [0.3, 0.4) is 0 Å². The zero-order valence-electron chi connectivity index (χ0n) is 19.9. The lowest BCUT2D eigenvalue weighted by atomic mass is 10.0. The van der Waals surface area contributed by atoms with Crippen LogP contribution in [0.5, 0.6) is 0 Å². The van der Waals surface area contributed by atoms with Gasteiger partial charge in [-0.1, -0.05) is 128 Å². The zero-order chi connectivity index (χ0) is 23.2. The van der Waals surface area contributed by atoms with Gasteiger partial charge in [0.25, 0.3) is 0 Å². The maximum Gasteiger partial charge on any atom is 0.0318 e. The molecule has 1 fully saturated rings. The Morgan fingerprint density at radius 3 is 1.38 bits per heavy atom. The second kappa shape index (κ2) is 11.4. The van der Waals surface area contributed by atoms with E-state index in [4.69, 9.17) is 0 Å². The van der Waals surface area contributed by atoms with Crippen LogP contribution in [0.2, 0.25) is 0 Å². The first kappa shape index (κ1) is 23.4. The third kappa shape index (κ3) is 5.04. The van der Waals surface area contributed by atoms with Gasteiger partial charge < -0.3 is 0 Å². The van der Waals surface area contributed by atoms with Crippen LogP contribution in [0.4, 0.5) is 0 Å². The van der Waals surface area contributed by atoms with Gasteiger partial charge in [-0.15, -0.1) is 0 Å². The van der Waals surface area contributed by atoms with Crippen molar-refractivity contribution in [2.45, 2.75) is 37.5 Å². The van der Waals surface area contributed by atoms with Crippen molar-refractivity contribution in [3.63, 3.8) is 0 Å². The van der Waals surface area contributed by atoms with Crippen LogP contribution >= 0.6 is 16.1 Å². The molecule has 0 spiro atoms. The Kier molecular flexibility index (Phi) is 7.87. The predicted octanol–water partition coefficient (Wildman–Crippen LogP) is 8.42. The van der Waals surface area contributed by atoms with Crippen LogP contribution in [0.1, 0.15) is 48.6 Å². The van der Waals surface area contributed by atoms with Gasteiger partial charge in [0.05, 0.1) is 0 Å². The fraction of sp³-hybridized carbons (Fsp3) is 0.226. The minimum Gasteiger partial charge on any atom is -0.251 e. The summed E-state index contributed by atoms with van der Waals surface area (Å²) in [5.74, 6) is 0. The number of hydrogen-bond donors (Lipinski definition) is 0. The molecular formula is C31H33NP2. The molecule has 1 aliphatic heterocycles. The maximum absolute atomic E-state index is 2.97. The molecule has 3 heteroatoms. The minimum absolute atomic E-state index is 0.418. The molecule has 1 nitrogen and oxygen atoms in total. The van der Waals surface area contributed by atoms with Gasteiger partial charge in [0.15, 0.2) is 0 Å². The molecular weight excluding hydrogens is 448 g/mol. The molecule has 0 N–H and O–H groups in total. The molecule has 1 heterocycles. The van der Waals surface area contributed by atoms with Gasteiger partial charge in [-0.3, -0.25) is 4.44 Å². The molecule has 34 heavy (non-hydrogen) atoms. The van der Waals surface area contributed by atoms with Crippen molar-refractivity contribution < 1.29 is 0 Å². The first-order chi connectivity index (χ1) is 16.9. The Labute approximate surface area is 207 Å². The van der Waals surface area contributed by atoms with Crippen molar-refractivity contribution in [3.05, 3.63) is 132 Å². The van der Waals surface area contributed by atoms with E-state index in [9.17, 15) is 0 Å². The second-order valence-corrected chi connectivity index (χ2v) is 13.8. The molecule has 0 saturated carbocycles. The number of benzene rings is 4. The smallest absolute Gasteiger partial charge is 0.0318 e. The number of rotatable bonds is 8. The standard InChI is InChI=1S/C31H33NP2/c1-2-25-32(33(28-19-11-5-12-20-28)29-21-13-6-14-22-29)34-30(26-15-7-3-8-16-26)23-24-31(34)27-17-9-4-10-18-27/h3-22,30-31H,2,23-25H2,1H3/t30-,31?,34?/m1/s1. The van der Waals surface area contributed by atoms with E-state index in [0.717, 1.165) is 6.54 Å². The highest BCUT2D eigenvalue weighted by Crippen LogP contribution is 2.76. The van der Waals surface area contributed by atoms with E-state index in [-0.39, 0.29) is 0 Å². The van der Waals surface area contributed by atoms with Crippen molar-refractivity contribution in [1.29, 1.82) is 0 Å². The van der Waals surface area contributed by atoms with Crippen molar-refractivity contribution in [2.24, 2.45) is 0 Å². The molecule has 0 aliphatic carbocycles. The average Bonchev–Trinajstić information content (AvgIpc) is 3.36. The average molecular weight is 482 g/mol. The molecule has 1 saturated heterocycles. The summed E-state index contributed by atoms with van der Waals surface area (Å²) < 4.78 is 2.97. The molecule has 0 bridgehead atoms. The van der Waals surface area contributed by atoms with E-state index in [1.165, 1.54) is 41.0 Å². The van der Waals surface area contributed by atoms with Crippen molar-refractivity contribution in [3.8, 4) is 0 Å². The molecule has 4 aromatic rings. The van der Waals surface area contributed by atoms with Crippen LogP contribution in [0.15, 0.2) is 121 Å². The molecule has 0 amide bonds. The lowest BCUT2D eigenvalue weighted by Gasteiger charge is -2.42. The predicted molar refractivity (Wildman–Crippen MR) is 151 cm³/mol. The van der Waals surface area contributed by atoms with Gasteiger partial charge in [0.1, 0.15) is 0 Å². The van der Waals surface area contributed by atoms with Crippen molar-refractivity contribution >= 4 is 26.8 Å². The van der Waals surface area contributed by atoms with Crippen LogP contribution in [-0.4, -0.2) is 11.0 Å². The first-order valence-electron chi connectivity index (χ1n) is 12.4. The zero-order valence-corrected chi connectivity index (χ0v) is 21.7. The molecule has 3 atom stereocenters. The van der Waals surface area contributed by atoms with Gasteiger partial charge in [-0.25, -0.2) is 0 Å². The topological polar surface area (TPSA) is 3.24 Å². The number of hydrogen-bond acceptors (Lipinski definition) is 1. The molecule has 5 rings (SSSR count). The second-order valence-electron chi connectivity index (χ2n) is 8.89. The molecule has 2 unspecified atom stereocenters. The van der Waals surface area contributed by atoms with E-state index < -0.39 is 16.1 Å². The first-order valence-corrected chi connectivity index (χ1v) is 15.2. The normalized spacial score (nSPS) is 20.1. The monoisotopic (exact) mass is 481 g/mol. The Morgan fingerprint density at radius 2 is 1.00 bits per heavy atom. The third-order valence-corrected chi connectivity index (χ3v) is 13.2. The lowest BCUT2D eigenvalue weighted by Crippen LogP contribution is -2.27. The highest BCUT2D eigenvalue weighted by atomic mass is 31.2. The van der Waals surface area contributed by atoms with Gasteiger partial charge in [-0.05, 0) is 49.1 Å². The fourth-order valence-electron chi connectivity index (χ4n) is 5.18. The molecule has 0 radical (unpaired) electrons. The summed E-state index contributed by atoms with van der Waals surface area (Å²) in [5.41, 5.74) is 4.24. The maximum atomic E-state index is 2.97. The SMILES string of the molecule is CCCN(P(c1ccccc1)c1ccccc1)P1C(c2ccccc2)CC[C@@H]1c1ccccc1. The molecule has 1 aliphatic rings. The van der Waals surface area contributed by atoms with E-state index in [0.29, 0.717) is 11.3 Å². The molecule has 172 valence electrons. The fourth-order valence-corrected chi connectivity index (χ4v) is 12.8. The van der Waals surface area contributed by atoms with Crippen LogP contribution in [-0.2, 0) is 0 Å².